The zero-order valence-corrected chi connectivity index (χ0v) is 31.6. The lowest BCUT2D eigenvalue weighted by molar-refractivity contribution is -0.140. The lowest BCUT2D eigenvalue weighted by atomic mass is 10.0. The van der Waals surface area contributed by atoms with Crippen molar-refractivity contribution in [2.45, 2.75) is 64.1 Å². The van der Waals surface area contributed by atoms with Crippen molar-refractivity contribution in [3.05, 3.63) is 117 Å². The molecule has 0 saturated carbocycles. The van der Waals surface area contributed by atoms with Crippen LogP contribution in [0.5, 0.6) is 11.5 Å². The highest BCUT2D eigenvalue weighted by atomic mass is 35.5. The maximum Gasteiger partial charge on any atom is 0.264 e. The second-order valence-corrected chi connectivity index (χ2v) is 15.8. The molecule has 0 aliphatic rings. The molecule has 0 bridgehead atoms. The maximum atomic E-state index is 14.8. The van der Waals surface area contributed by atoms with E-state index in [-0.39, 0.29) is 28.6 Å². The first kappa shape index (κ1) is 38.6. The zero-order valence-electron chi connectivity index (χ0n) is 29.3. The first-order chi connectivity index (χ1) is 23.5. The summed E-state index contributed by atoms with van der Waals surface area (Å²) in [7, 11) is -1.51. The Labute approximate surface area is 305 Å². The van der Waals surface area contributed by atoms with Gasteiger partial charge in [0.2, 0.25) is 11.8 Å². The van der Waals surface area contributed by atoms with Gasteiger partial charge in [-0.3, -0.25) is 13.9 Å². The Morgan fingerprint density at radius 1 is 0.800 bits per heavy atom. The SMILES string of the molecule is COc1ccc(S(=O)(=O)N(CC(=O)N(Cc2ccc(Cl)c(Cl)c2)[C@@H](Cc2ccccc2)C(=O)NC(C)(C)C)c2cc(C)cc(C)c2)cc1OC. The topological polar surface area (TPSA) is 105 Å². The number of aryl methyl sites for hydroxylation is 2. The summed E-state index contributed by atoms with van der Waals surface area (Å²) >= 11 is 12.6. The minimum absolute atomic E-state index is 0.0537. The smallest absolute Gasteiger partial charge is 0.264 e. The Morgan fingerprint density at radius 2 is 1.44 bits per heavy atom. The van der Waals surface area contributed by atoms with Crippen LogP contribution in [0.3, 0.4) is 0 Å². The first-order valence-electron chi connectivity index (χ1n) is 15.9. The molecule has 0 fully saturated rings. The molecule has 1 atom stereocenters. The number of hydrogen-bond donors (Lipinski definition) is 1. The predicted octanol–water partition coefficient (Wildman–Crippen LogP) is 7.38. The van der Waals surface area contributed by atoms with Crippen molar-refractivity contribution in [2.75, 3.05) is 25.1 Å². The van der Waals surface area contributed by atoms with E-state index in [1.807, 2.05) is 71.0 Å². The van der Waals surface area contributed by atoms with E-state index < -0.39 is 40.0 Å². The molecule has 50 heavy (non-hydrogen) atoms. The molecule has 0 aliphatic heterocycles. The minimum atomic E-state index is -4.38. The summed E-state index contributed by atoms with van der Waals surface area (Å²) in [6.45, 7) is 8.59. The highest BCUT2D eigenvalue weighted by molar-refractivity contribution is 7.92. The summed E-state index contributed by atoms with van der Waals surface area (Å²) < 4.78 is 40.9. The van der Waals surface area contributed by atoms with Gasteiger partial charge < -0.3 is 19.7 Å². The minimum Gasteiger partial charge on any atom is -0.493 e. The van der Waals surface area contributed by atoms with Gasteiger partial charge in [0.1, 0.15) is 12.6 Å². The Hall–Kier alpha value is -4.25. The number of halogens is 2. The van der Waals surface area contributed by atoms with Crippen LogP contribution in [0.25, 0.3) is 0 Å². The number of benzene rings is 4. The summed E-state index contributed by atoms with van der Waals surface area (Å²) in [6, 6.07) is 22.9. The summed E-state index contributed by atoms with van der Waals surface area (Å²) in [5.41, 5.74) is 2.71. The number of nitrogens with zero attached hydrogens (tertiary/aromatic N) is 2. The molecule has 4 rings (SSSR count). The molecule has 0 unspecified atom stereocenters. The van der Waals surface area contributed by atoms with Gasteiger partial charge in [-0.2, -0.15) is 0 Å². The fraction of sp³-hybridized carbons (Fsp3) is 0.316. The number of sulfonamides is 1. The third kappa shape index (κ3) is 9.71. The summed E-state index contributed by atoms with van der Waals surface area (Å²) in [4.78, 5) is 30.2. The van der Waals surface area contributed by atoms with Gasteiger partial charge in [-0.25, -0.2) is 8.42 Å². The van der Waals surface area contributed by atoms with E-state index in [1.165, 1.54) is 37.3 Å². The molecule has 9 nitrogen and oxygen atoms in total. The lowest BCUT2D eigenvalue weighted by Crippen LogP contribution is -2.56. The Bertz CT molecular complexity index is 1930. The Kier molecular flexibility index (Phi) is 12.5. The quantitative estimate of drug-likeness (QED) is 0.154. The molecule has 0 saturated heterocycles. The van der Waals surface area contributed by atoms with Crippen molar-refractivity contribution in [1.82, 2.24) is 10.2 Å². The van der Waals surface area contributed by atoms with Crippen molar-refractivity contribution >= 4 is 50.7 Å². The van der Waals surface area contributed by atoms with Crippen molar-refractivity contribution in [2.24, 2.45) is 0 Å². The van der Waals surface area contributed by atoms with Gasteiger partial charge in [0, 0.05) is 24.6 Å². The molecule has 4 aromatic carbocycles. The van der Waals surface area contributed by atoms with Crippen LogP contribution in [0.15, 0.2) is 89.8 Å². The molecule has 0 spiro atoms. The summed E-state index contributed by atoms with van der Waals surface area (Å²) in [5, 5.41) is 3.64. The van der Waals surface area contributed by atoms with Crippen LogP contribution in [0, 0.1) is 13.8 Å². The number of ether oxygens (including phenoxy) is 2. The number of amides is 2. The predicted molar refractivity (Wildman–Crippen MR) is 199 cm³/mol. The molecule has 0 radical (unpaired) electrons. The third-order valence-electron chi connectivity index (χ3n) is 7.82. The molecule has 266 valence electrons. The fourth-order valence-electron chi connectivity index (χ4n) is 5.57. The number of carbonyl (C=O) groups is 2. The van der Waals surface area contributed by atoms with E-state index in [2.05, 4.69) is 5.32 Å². The maximum absolute atomic E-state index is 14.8. The Balaban J connectivity index is 1.88. The van der Waals surface area contributed by atoms with Gasteiger partial charge in [-0.15, -0.1) is 0 Å². The number of nitrogens with one attached hydrogen (secondary N) is 1. The highest BCUT2D eigenvalue weighted by Gasteiger charge is 2.36. The molecular weight excluding hydrogens is 697 g/mol. The number of anilines is 1. The van der Waals surface area contributed by atoms with Crippen LogP contribution in [0.4, 0.5) is 5.69 Å². The lowest BCUT2D eigenvalue weighted by Gasteiger charge is -2.35. The molecule has 1 N–H and O–H groups in total. The molecule has 12 heteroatoms. The van der Waals surface area contributed by atoms with Crippen LogP contribution in [0.1, 0.15) is 43.0 Å². The van der Waals surface area contributed by atoms with Gasteiger partial charge in [0.05, 0.1) is 34.8 Å². The largest absolute Gasteiger partial charge is 0.493 e. The monoisotopic (exact) mass is 739 g/mol. The van der Waals surface area contributed by atoms with Crippen molar-refractivity contribution in [3.63, 3.8) is 0 Å². The number of rotatable bonds is 13. The van der Waals surface area contributed by atoms with E-state index in [0.29, 0.717) is 22.0 Å². The van der Waals surface area contributed by atoms with Crippen LogP contribution >= 0.6 is 23.2 Å². The average Bonchev–Trinajstić information content (AvgIpc) is 3.05. The summed E-state index contributed by atoms with van der Waals surface area (Å²) in [5.74, 6) is -0.440. The van der Waals surface area contributed by atoms with E-state index in [1.54, 1.807) is 30.3 Å². The van der Waals surface area contributed by atoms with E-state index >= 15 is 0 Å². The standard InChI is InChI=1S/C38H43Cl2N3O6S/c1-25-17-26(2)19-29(18-25)43(50(46,47)30-14-16-34(48-6)35(22-30)49-7)24-36(44)42(23-28-13-15-31(39)32(40)20-28)33(37(45)41-38(3,4)5)21-27-11-9-8-10-12-27/h8-20,22,33H,21,23-24H2,1-7H3,(H,41,45)/t33-/m0/s1. The number of methoxy groups -OCH3 is 2. The van der Waals surface area contributed by atoms with E-state index in [4.69, 9.17) is 32.7 Å². The highest BCUT2D eigenvalue weighted by Crippen LogP contribution is 2.33. The molecule has 4 aromatic rings. The van der Waals surface area contributed by atoms with Crippen molar-refractivity contribution in [1.29, 1.82) is 0 Å². The molecule has 0 aromatic heterocycles. The number of hydrogen-bond acceptors (Lipinski definition) is 6. The van der Waals surface area contributed by atoms with Gasteiger partial charge in [0.15, 0.2) is 11.5 Å². The molecular formula is C38H43Cl2N3O6S. The fourth-order valence-corrected chi connectivity index (χ4v) is 7.30. The van der Waals surface area contributed by atoms with Crippen LogP contribution in [-0.4, -0.2) is 57.5 Å². The zero-order chi connectivity index (χ0) is 36.8. The van der Waals surface area contributed by atoms with Crippen LogP contribution < -0.4 is 19.1 Å². The normalized spacial score (nSPS) is 12.2. The second kappa shape index (κ2) is 16.2. The van der Waals surface area contributed by atoms with Crippen LogP contribution in [0.2, 0.25) is 10.0 Å². The summed E-state index contributed by atoms with van der Waals surface area (Å²) in [6.07, 6.45) is 0.168. The number of carbonyl (C=O) groups excluding carboxylic acids is 2. The van der Waals surface area contributed by atoms with Gasteiger partial charge >= 0.3 is 0 Å². The molecule has 0 heterocycles. The average molecular weight is 741 g/mol. The van der Waals surface area contributed by atoms with Gasteiger partial charge in [0.25, 0.3) is 10.0 Å². The first-order valence-corrected chi connectivity index (χ1v) is 18.1. The Morgan fingerprint density at radius 3 is 2.02 bits per heavy atom. The van der Waals surface area contributed by atoms with E-state index in [0.717, 1.165) is 21.0 Å². The van der Waals surface area contributed by atoms with E-state index in [9.17, 15) is 18.0 Å². The van der Waals surface area contributed by atoms with Crippen molar-refractivity contribution in [3.8, 4) is 11.5 Å². The van der Waals surface area contributed by atoms with Crippen molar-refractivity contribution < 1.29 is 27.5 Å². The second-order valence-electron chi connectivity index (χ2n) is 13.1. The third-order valence-corrected chi connectivity index (χ3v) is 10.3. The molecule has 0 aliphatic carbocycles. The van der Waals surface area contributed by atoms with Gasteiger partial charge in [-0.1, -0.05) is 65.7 Å². The van der Waals surface area contributed by atoms with Crippen LogP contribution in [-0.2, 0) is 32.6 Å². The molecule has 2 amide bonds. The van der Waals surface area contributed by atoms with Gasteiger partial charge in [-0.05, 0) is 93.3 Å².